The molecule has 0 aliphatic heterocycles. The van der Waals surface area contributed by atoms with Crippen LogP contribution < -0.4 is 10.1 Å². The van der Waals surface area contributed by atoms with Crippen LogP contribution in [0.1, 0.15) is 5.69 Å². The van der Waals surface area contributed by atoms with Crippen LogP contribution in [0.5, 0.6) is 5.75 Å². The quantitative estimate of drug-likeness (QED) is 0.525. The monoisotopic (exact) mass is 369 g/mol. The standard InChI is InChI=1S/C18H15N3O4S/c1-25-16-8-7-14(21(23)24)10-15(16)20-17(22)9-13-11-26-18(19-13)12-5-3-2-4-6-12/h2-8,10-11H,9H2,1H3,(H,20,22). The number of nitrogens with zero attached hydrogens (tertiary/aromatic N) is 2. The van der Waals surface area contributed by atoms with Gasteiger partial charge in [0.2, 0.25) is 5.91 Å². The molecule has 1 amide bonds. The highest BCUT2D eigenvalue weighted by Gasteiger charge is 2.15. The number of thiazole rings is 1. The molecular formula is C18H15N3O4S. The molecular weight excluding hydrogens is 354 g/mol. The molecule has 0 saturated heterocycles. The van der Waals surface area contributed by atoms with Gasteiger partial charge < -0.3 is 10.1 Å². The van der Waals surface area contributed by atoms with Gasteiger partial charge in [-0.2, -0.15) is 0 Å². The van der Waals surface area contributed by atoms with Crippen LogP contribution in [-0.4, -0.2) is 22.9 Å². The van der Waals surface area contributed by atoms with Crippen molar-refractivity contribution in [2.75, 3.05) is 12.4 Å². The Hall–Kier alpha value is -3.26. The van der Waals surface area contributed by atoms with Crippen molar-refractivity contribution in [2.24, 2.45) is 0 Å². The Bertz CT molecular complexity index is 941. The number of non-ortho nitro benzene ring substituents is 1. The Morgan fingerprint density at radius 2 is 2.04 bits per heavy atom. The van der Waals surface area contributed by atoms with E-state index in [1.54, 1.807) is 0 Å². The topological polar surface area (TPSA) is 94.4 Å². The minimum Gasteiger partial charge on any atom is -0.495 e. The fraction of sp³-hybridized carbons (Fsp3) is 0.111. The molecule has 0 fully saturated rings. The Kier molecular flexibility index (Phi) is 5.23. The summed E-state index contributed by atoms with van der Waals surface area (Å²) in [6.45, 7) is 0. The zero-order valence-corrected chi connectivity index (χ0v) is 14.7. The van der Waals surface area contributed by atoms with Gasteiger partial charge >= 0.3 is 0 Å². The molecule has 0 bridgehead atoms. The van der Waals surface area contributed by atoms with Gasteiger partial charge in [-0.25, -0.2) is 4.98 Å². The van der Waals surface area contributed by atoms with Crippen molar-refractivity contribution < 1.29 is 14.5 Å². The molecule has 0 aliphatic rings. The number of hydrogen-bond acceptors (Lipinski definition) is 6. The predicted octanol–water partition coefficient (Wildman–Crippen LogP) is 3.91. The molecule has 0 aliphatic carbocycles. The lowest BCUT2D eigenvalue weighted by atomic mass is 10.2. The molecule has 3 rings (SSSR count). The Balaban J connectivity index is 1.73. The number of ether oxygens (including phenoxy) is 1. The SMILES string of the molecule is COc1ccc([N+](=O)[O-])cc1NC(=O)Cc1csc(-c2ccccc2)n1. The van der Waals surface area contributed by atoms with Crippen LogP contribution >= 0.6 is 11.3 Å². The van der Waals surface area contributed by atoms with E-state index >= 15 is 0 Å². The Labute approximate surface area is 153 Å². The number of amides is 1. The van der Waals surface area contributed by atoms with Crippen LogP contribution in [0.4, 0.5) is 11.4 Å². The van der Waals surface area contributed by atoms with Crippen LogP contribution in [0.25, 0.3) is 10.6 Å². The van der Waals surface area contributed by atoms with Gasteiger partial charge in [-0.05, 0) is 6.07 Å². The van der Waals surface area contributed by atoms with Crippen molar-refractivity contribution >= 4 is 28.6 Å². The average Bonchev–Trinajstić information content (AvgIpc) is 3.10. The summed E-state index contributed by atoms with van der Waals surface area (Å²) in [5.41, 5.74) is 1.76. The molecule has 26 heavy (non-hydrogen) atoms. The van der Waals surface area contributed by atoms with Gasteiger partial charge in [0.25, 0.3) is 5.69 Å². The number of methoxy groups -OCH3 is 1. The van der Waals surface area contributed by atoms with E-state index in [1.165, 1.54) is 36.6 Å². The maximum absolute atomic E-state index is 12.3. The molecule has 3 aromatic rings. The largest absolute Gasteiger partial charge is 0.495 e. The van der Waals surface area contributed by atoms with Gasteiger partial charge in [0.15, 0.2) is 0 Å². The molecule has 1 aromatic heterocycles. The highest BCUT2D eigenvalue weighted by Crippen LogP contribution is 2.29. The second-order valence-corrected chi connectivity index (χ2v) is 6.23. The van der Waals surface area contributed by atoms with Gasteiger partial charge in [0, 0.05) is 23.1 Å². The lowest BCUT2D eigenvalue weighted by Crippen LogP contribution is -2.15. The Morgan fingerprint density at radius 3 is 2.73 bits per heavy atom. The third-order valence-corrected chi connectivity index (χ3v) is 4.52. The van der Waals surface area contributed by atoms with Crippen LogP contribution in [0.15, 0.2) is 53.9 Å². The predicted molar refractivity (Wildman–Crippen MR) is 99.5 cm³/mol. The van der Waals surface area contributed by atoms with E-state index in [0.29, 0.717) is 11.4 Å². The summed E-state index contributed by atoms with van der Waals surface area (Å²) < 4.78 is 5.14. The van der Waals surface area contributed by atoms with Crippen LogP contribution in [-0.2, 0) is 11.2 Å². The molecule has 0 radical (unpaired) electrons. The molecule has 7 nitrogen and oxygen atoms in total. The molecule has 132 valence electrons. The number of nitro groups is 1. The number of carbonyl (C=O) groups excluding carboxylic acids is 1. The first-order valence-corrected chi connectivity index (χ1v) is 8.57. The zero-order valence-electron chi connectivity index (χ0n) is 13.8. The number of aromatic nitrogens is 1. The number of benzene rings is 2. The zero-order chi connectivity index (χ0) is 18.5. The highest BCUT2D eigenvalue weighted by atomic mass is 32.1. The molecule has 1 heterocycles. The number of hydrogen-bond donors (Lipinski definition) is 1. The van der Waals surface area contributed by atoms with Gasteiger partial charge in [-0.3, -0.25) is 14.9 Å². The second kappa shape index (κ2) is 7.75. The van der Waals surface area contributed by atoms with Gasteiger partial charge in [-0.1, -0.05) is 30.3 Å². The number of anilines is 1. The average molecular weight is 369 g/mol. The summed E-state index contributed by atoms with van der Waals surface area (Å²) in [7, 11) is 1.43. The van der Waals surface area contributed by atoms with Crippen LogP contribution in [0.2, 0.25) is 0 Å². The summed E-state index contributed by atoms with van der Waals surface area (Å²) in [5.74, 6) is 0.0286. The maximum Gasteiger partial charge on any atom is 0.271 e. The highest BCUT2D eigenvalue weighted by molar-refractivity contribution is 7.13. The van der Waals surface area contributed by atoms with Crippen LogP contribution in [0.3, 0.4) is 0 Å². The van der Waals surface area contributed by atoms with E-state index < -0.39 is 4.92 Å². The van der Waals surface area contributed by atoms with Crippen molar-refractivity contribution in [3.8, 4) is 16.3 Å². The molecule has 1 N–H and O–H groups in total. The number of nitro benzene ring substituents is 1. The summed E-state index contributed by atoms with van der Waals surface area (Å²) in [6, 6.07) is 13.7. The van der Waals surface area contributed by atoms with E-state index in [1.807, 2.05) is 35.7 Å². The number of rotatable bonds is 6. The summed E-state index contributed by atoms with van der Waals surface area (Å²) in [5, 5.41) is 16.2. The van der Waals surface area contributed by atoms with E-state index in [4.69, 9.17) is 4.74 Å². The molecule has 2 aromatic carbocycles. The smallest absolute Gasteiger partial charge is 0.271 e. The van der Waals surface area contributed by atoms with Gasteiger partial charge in [0.1, 0.15) is 10.8 Å². The number of nitrogens with one attached hydrogen (secondary N) is 1. The lowest BCUT2D eigenvalue weighted by molar-refractivity contribution is -0.384. The Morgan fingerprint density at radius 1 is 1.27 bits per heavy atom. The summed E-state index contributed by atoms with van der Waals surface area (Å²) >= 11 is 1.46. The van der Waals surface area contributed by atoms with Crippen molar-refractivity contribution in [2.45, 2.75) is 6.42 Å². The summed E-state index contributed by atoms with van der Waals surface area (Å²) in [4.78, 5) is 27.2. The number of carbonyl (C=O) groups is 1. The molecule has 0 unspecified atom stereocenters. The fourth-order valence-electron chi connectivity index (χ4n) is 2.37. The molecule has 8 heteroatoms. The van der Waals surface area contributed by atoms with E-state index in [-0.39, 0.29) is 23.7 Å². The van der Waals surface area contributed by atoms with Crippen LogP contribution in [0, 0.1) is 10.1 Å². The summed E-state index contributed by atoms with van der Waals surface area (Å²) in [6.07, 6.45) is 0.0647. The third-order valence-electron chi connectivity index (χ3n) is 3.58. The minimum absolute atomic E-state index is 0.0647. The molecule has 0 spiro atoms. The van der Waals surface area contributed by atoms with E-state index in [9.17, 15) is 14.9 Å². The first kappa shape index (κ1) is 17.6. The van der Waals surface area contributed by atoms with Crippen molar-refractivity contribution in [1.82, 2.24) is 4.98 Å². The van der Waals surface area contributed by atoms with Gasteiger partial charge in [-0.15, -0.1) is 11.3 Å². The third kappa shape index (κ3) is 4.04. The lowest BCUT2D eigenvalue weighted by Gasteiger charge is -2.09. The van der Waals surface area contributed by atoms with E-state index in [0.717, 1.165) is 10.6 Å². The van der Waals surface area contributed by atoms with Gasteiger partial charge in [0.05, 0.1) is 29.8 Å². The maximum atomic E-state index is 12.3. The van der Waals surface area contributed by atoms with Crippen molar-refractivity contribution in [3.63, 3.8) is 0 Å². The van der Waals surface area contributed by atoms with Crippen molar-refractivity contribution in [3.05, 3.63) is 69.7 Å². The normalized spacial score (nSPS) is 10.3. The fourth-order valence-corrected chi connectivity index (χ4v) is 3.19. The van der Waals surface area contributed by atoms with Crippen molar-refractivity contribution in [1.29, 1.82) is 0 Å². The second-order valence-electron chi connectivity index (χ2n) is 5.38. The minimum atomic E-state index is -0.526. The first-order valence-electron chi connectivity index (χ1n) is 7.69. The first-order chi connectivity index (χ1) is 12.6. The van der Waals surface area contributed by atoms with E-state index in [2.05, 4.69) is 10.3 Å². The molecule has 0 atom stereocenters. The molecule has 0 saturated carbocycles.